The Morgan fingerprint density at radius 3 is 2.53 bits per heavy atom. The fourth-order valence-electron chi connectivity index (χ4n) is 3.11. The Labute approximate surface area is 103 Å². The Balaban J connectivity index is 1.77. The molecule has 2 fully saturated rings. The molecule has 0 aromatic carbocycles. The quantitative estimate of drug-likeness (QED) is 0.814. The largest absolute Gasteiger partial charge is 0.480 e. The fraction of sp³-hybridized carbons (Fsp3) is 0.923. The van der Waals surface area contributed by atoms with Gasteiger partial charge < -0.3 is 9.84 Å². The number of hydrogen-bond donors (Lipinski definition) is 1. The summed E-state index contributed by atoms with van der Waals surface area (Å²) in [5, 5.41) is 8.60. The van der Waals surface area contributed by atoms with Gasteiger partial charge in [0.05, 0.1) is 5.60 Å². The lowest BCUT2D eigenvalue weighted by molar-refractivity contribution is -0.169. The van der Waals surface area contributed by atoms with Crippen molar-refractivity contribution in [2.24, 2.45) is 5.41 Å². The zero-order chi connectivity index (χ0) is 12.7. The van der Waals surface area contributed by atoms with E-state index < -0.39 is 5.97 Å². The maximum Gasteiger partial charge on any atom is 0.329 e. The van der Waals surface area contributed by atoms with Crippen LogP contribution in [-0.2, 0) is 9.53 Å². The van der Waals surface area contributed by atoms with E-state index in [1.54, 1.807) is 0 Å². The Kier molecular flexibility index (Phi) is 3.21. The monoisotopic (exact) mass is 241 g/mol. The highest BCUT2D eigenvalue weighted by molar-refractivity contribution is 5.68. The van der Waals surface area contributed by atoms with Gasteiger partial charge in [-0.2, -0.15) is 0 Å². The van der Waals surface area contributed by atoms with Crippen molar-refractivity contribution in [2.45, 2.75) is 51.7 Å². The number of carboxylic acids is 1. The normalized spacial score (nSPS) is 31.1. The zero-order valence-corrected chi connectivity index (χ0v) is 11.0. The van der Waals surface area contributed by atoms with Crippen LogP contribution in [0, 0.1) is 5.41 Å². The highest BCUT2D eigenvalue weighted by Gasteiger charge is 2.46. The molecule has 0 spiro atoms. The van der Waals surface area contributed by atoms with Gasteiger partial charge in [0.1, 0.15) is 6.61 Å². The van der Waals surface area contributed by atoms with Crippen molar-refractivity contribution in [1.29, 1.82) is 0 Å². The van der Waals surface area contributed by atoms with Crippen LogP contribution < -0.4 is 0 Å². The molecule has 0 aromatic heterocycles. The maximum absolute atomic E-state index is 10.5. The molecule has 0 aromatic rings. The lowest BCUT2D eigenvalue weighted by atomic mass is 9.89. The van der Waals surface area contributed by atoms with Gasteiger partial charge in [-0.1, -0.05) is 13.8 Å². The van der Waals surface area contributed by atoms with Crippen LogP contribution in [0.4, 0.5) is 0 Å². The van der Waals surface area contributed by atoms with Crippen molar-refractivity contribution >= 4 is 5.97 Å². The first-order chi connectivity index (χ1) is 7.80. The second kappa shape index (κ2) is 4.25. The molecule has 0 radical (unpaired) electrons. The third kappa shape index (κ3) is 2.99. The molecule has 2 aliphatic rings. The van der Waals surface area contributed by atoms with E-state index in [-0.39, 0.29) is 12.2 Å². The summed E-state index contributed by atoms with van der Waals surface area (Å²) in [6, 6.07) is 0.673. The van der Waals surface area contributed by atoms with Gasteiger partial charge in [0.25, 0.3) is 0 Å². The molecule has 1 heterocycles. The summed E-state index contributed by atoms with van der Waals surface area (Å²) in [6.07, 6.45) is 3.81. The molecule has 1 saturated heterocycles. The highest BCUT2D eigenvalue weighted by Crippen LogP contribution is 2.42. The highest BCUT2D eigenvalue weighted by atomic mass is 16.5. The topological polar surface area (TPSA) is 49.8 Å². The number of rotatable bonds is 4. The first-order valence-electron chi connectivity index (χ1n) is 6.40. The Bertz CT molecular complexity index is 308. The Morgan fingerprint density at radius 2 is 2.06 bits per heavy atom. The van der Waals surface area contributed by atoms with Gasteiger partial charge in [0, 0.05) is 19.1 Å². The standard InChI is InChI=1S/C13H23NO3/c1-12(2)5-4-10(6-12)14-8-13(3,9-14)17-7-11(15)16/h10H,4-9H2,1-3H3,(H,15,16). The number of aliphatic carboxylic acids is 1. The van der Waals surface area contributed by atoms with E-state index in [1.165, 1.54) is 19.3 Å². The SMILES string of the molecule is CC1(C)CCC(N2CC(C)(OCC(=O)O)C2)C1. The summed E-state index contributed by atoms with van der Waals surface area (Å²) in [6.45, 7) is 8.23. The lowest BCUT2D eigenvalue weighted by Crippen LogP contribution is -2.64. The predicted molar refractivity (Wildman–Crippen MR) is 65.0 cm³/mol. The minimum atomic E-state index is -0.883. The van der Waals surface area contributed by atoms with Crippen molar-refractivity contribution < 1.29 is 14.6 Å². The molecule has 98 valence electrons. The molecule has 1 N–H and O–H groups in total. The van der Waals surface area contributed by atoms with E-state index in [4.69, 9.17) is 9.84 Å². The number of hydrogen-bond acceptors (Lipinski definition) is 3. The molecular weight excluding hydrogens is 218 g/mol. The van der Waals surface area contributed by atoms with E-state index in [2.05, 4.69) is 18.7 Å². The number of ether oxygens (including phenoxy) is 1. The van der Waals surface area contributed by atoms with Gasteiger partial charge in [-0.25, -0.2) is 4.79 Å². The molecule has 4 nitrogen and oxygen atoms in total. The zero-order valence-electron chi connectivity index (χ0n) is 11.0. The molecule has 1 aliphatic carbocycles. The minimum Gasteiger partial charge on any atom is -0.480 e. The fourth-order valence-corrected chi connectivity index (χ4v) is 3.11. The van der Waals surface area contributed by atoms with Crippen LogP contribution in [0.5, 0.6) is 0 Å². The molecule has 17 heavy (non-hydrogen) atoms. The molecule has 1 atom stereocenters. The van der Waals surface area contributed by atoms with Gasteiger partial charge >= 0.3 is 5.97 Å². The van der Waals surface area contributed by atoms with E-state index in [1.807, 2.05) is 6.92 Å². The average Bonchev–Trinajstić information content (AvgIpc) is 2.51. The summed E-state index contributed by atoms with van der Waals surface area (Å²) in [4.78, 5) is 12.9. The van der Waals surface area contributed by atoms with Crippen LogP contribution in [0.3, 0.4) is 0 Å². The van der Waals surface area contributed by atoms with Crippen molar-refractivity contribution in [3.05, 3.63) is 0 Å². The number of carboxylic acid groups (broad SMARTS) is 1. The summed E-state index contributed by atoms with van der Waals surface area (Å²) < 4.78 is 5.43. The van der Waals surface area contributed by atoms with E-state index in [9.17, 15) is 4.79 Å². The Hall–Kier alpha value is -0.610. The smallest absolute Gasteiger partial charge is 0.329 e. The molecule has 4 heteroatoms. The van der Waals surface area contributed by atoms with Gasteiger partial charge in [0.15, 0.2) is 0 Å². The third-order valence-electron chi connectivity index (χ3n) is 4.08. The van der Waals surface area contributed by atoms with Crippen LogP contribution >= 0.6 is 0 Å². The molecule has 1 aliphatic heterocycles. The molecule has 0 amide bonds. The van der Waals surface area contributed by atoms with Gasteiger partial charge in [-0.15, -0.1) is 0 Å². The van der Waals surface area contributed by atoms with Crippen LogP contribution in [0.15, 0.2) is 0 Å². The van der Waals surface area contributed by atoms with Crippen LogP contribution in [0.25, 0.3) is 0 Å². The van der Waals surface area contributed by atoms with Gasteiger partial charge in [0.2, 0.25) is 0 Å². The van der Waals surface area contributed by atoms with Gasteiger partial charge in [-0.05, 0) is 31.6 Å². The van der Waals surface area contributed by atoms with Crippen molar-refractivity contribution in [1.82, 2.24) is 4.90 Å². The first kappa shape index (κ1) is 12.8. The van der Waals surface area contributed by atoms with Crippen LogP contribution in [0.2, 0.25) is 0 Å². The van der Waals surface area contributed by atoms with Gasteiger partial charge in [-0.3, -0.25) is 4.90 Å². The molecule has 1 unspecified atom stereocenters. The second-order valence-electron chi connectivity index (χ2n) is 6.60. The minimum absolute atomic E-state index is 0.180. The van der Waals surface area contributed by atoms with Crippen LogP contribution in [0.1, 0.15) is 40.0 Å². The van der Waals surface area contributed by atoms with Crippen LogP contribution in [-0.4, -0.2) is 47.3 Å². The molecule has 1 saturated carbocycles. The summed E-state index contributed by atoms with van der Waals surface area (Å²) in [5.74, 6) is -0.883. The third-order valence-corrected chi connectivity index (χ3v) is 4.08. The lowest BCUT2D eigenvalue weighted by Gasteiger charge is -2.50. The van der Waals surface area contributed by atoms with E-state index in [0.717, 1.165) is 13.1 Å². The maximum atomic E-state index is 10.5. The Morgan fingerprint density at radius 1 is 1.41 bits per heavy atom. The second-order valence-corrected chi connectivity index (χ2v) is 6.60. The summed E-state index contributed by atoms with van der Waals surface area (Å²) in [5.41, 5.74) is 0.226. The molecule has 0 bridgehead atoms. The van der Waals surface area contributed by atoms with Crippen molar-refractivity contribution in [2.75, 3.05) is 19.7 Å². The summed E-state index contributed by atoms with van der Waals surface area (Å²) in [7, 11) is 0. The first-order valence-corrected chi connectivity index (χ1v) is 6.40. The number of likely N-dealkylation sites (tertiary alicyclic amines) is 1. The predicted octanol–water partition coefficient (Wildman–Crippen LogP) is 1.74. The number of carbonyl (C=O) groups is 1. The molecule has 2 rings (SSSR count). The van der Waals surface area contributed by atoms with Crippen molar-refractivity contribution in [3.63, 3.8) is 0 Å². The molecular formula is C13H23NO3. The van der Waals surface area contributed by atoms with E-state index >= 15 is 0 Å². The average molecular weight is 241 g/mol. The van der Waals surface area contributed by atoms with E-state index in [0.29, 0.717) is 11.5 Å². The number of nitrogens with zero attached hydrogens (tertiary/aromatic N) is 1. The summed E-state index contributed by atoms with van der Waals surface area (Å²) >= 11 is 0. The van der Waals surface area contributed by atoms with Crippen molar-refractivity contribution in [3.8, 4) is 0 Å².